The average molecular weight is 292 g/mol. The Balaban J connectivity index is 2.28. The van der Waals surface area contributed by atoms with Gasteiger partial charge in [-0.2, -0.15) is 15.0 Å². The molecule has 21 heavy (non-hydrogen) atoms. The Morgan fingerprint density at radius 1 is 0.905 bits per heavy atom. The third-order valence-corrected chi connectivity index (χ3v) is 3.83. The second-order valence-corrected chi connectivity index (χ2v) is 5.44. The van der Waals surface area contributed by atoms with E-state index in [1.807, 2.05) is 0 Å². The van der Waals surface area contributed by atoms with Gasteiger partial charge in [0.2, 0.25) is 17.8 Å². The lowest BCUT2D eigenvalue weighted by Gasteiger charge is -2.24. The van der Waals surface area contributed by atoms with Gasteiger partial charge in [0.25, 0.3) is 0 Å². The highest BCUT2D eigenvalue weighted by Gasteiger charge is 2.25. The second-order valence-electron chi connectivity index (χ2n) is 5.44. The topological polar surface area (TPSA) is 57.2 Å². The molecule has 118 valence electrons. The minimum absolute atomic E-state index is 0.679. The summed E-state index contributed by atoms with van der Waals surface area (Å²) in [5.74, 6) is 3.08. The Labute approximate surface area is 128 Å². The number of nitrogens with one attached hydrogen (secondary N) is 1. The molecule has 1 aromatic heterocycles. The van der Waals surface area contributed by atoms with Gasteiger partial charge in [-0.1, -0.05) is 0 Å². The van der Waals surface area contributed by atoms with Crippen LogP contribution in [-0.2, 0) is 0 Å². The summed E-state index contributed by atoms with van der Waals surface area (Å²) < 4.78 is 0. The number of anilines is 3. The van der Waals surface area contributed by atoms with Gasteiger partial charge in [-0.15, -0.1) is 0 Å². The van der Waals surface area contributed by atoms with Gasteiger partial charge in [-0.05, 0) is 46.5 Å². The molecular formula is C15H28N6. The lowest BCUT2D eigenvalue weighted by atomic mass is 10.4. The van der Waals surface area contributed by atoms with E-state index in [1.54, 1.807) is 0 Å². The van der Waals surface area contributed by atoms with E-state index in [1.165, 1.54) is 12.8 Å². The molecule has 1 fully saturated rings. The van der Waals surface area contributed by atoms with E-state index in [-0.39, 0.29) is 0 Å². The van der Waals surface area contributed by atoms with Crippen molar-refractivity contribution in [3.05, 3.63) is 0 Å². The SMILES string of the molecule is CCNc1nc(N(CC)CC)nc(N(CC)CC2CC2)n1. The van der Waals surface area contributed by atoms with E-state index in [0.717, 1.165) is 50.5 Å². The van der Waals surface area contributed by atoms with Crippen LogP contribution >= 0.6 is 0 Å². The first-order valence-corrected chi connectivity index (χ1v) is 8.21. The Bertz CT molecular complexity index is 442. The Morgan fingerprint density at radius 3 is 1.95 bits per heavy atom. The summed E-state index contributed by atoms with van der Waals surface area (Å²) in [7, 11) is 0. The summed E-state index contributed by atoms with van der Waals surface area (Å²) in [5, 5.41) is 3.22. The van der Waals surface area contributed by atoms with Gasteiger partial charge in [0, 0.05) is 32.7 Å². The predicted octanol–water partition coefficient (Wildman–Crippen LogP) is 2.39. The highest BCUT2D eigenvalue weighted by Crippen LogP contribution is 2.31. The van der Waals surface area contributed by atoms with Crippen LogP contribution < -0.4 is 15.1 Å². The molecule has 0 atom stereocenters. The number of aromatic nitrogens is 3. The van der Waals surface area contributed by atoms with E-state index < -0.39 is 0 Å². The fraction of sp³-hybridized carbons (Fsp3) is 0.800. The molecule has 6 heteroatoms. The molecule has 0 aromatic carbocycles. The molecule has 0 amide bonds. The highest BCUT2D eigenvalue weighted by atomic mass is 15.4. The van der Waals surface area contributed by atoms with Gasteiger partial charge >= 0.3 is 0 Å². The quantitative estimate of drug-likeness (QED) is 0.754. The van der Waals surface area contributed by atoms with Gasteiger partial charge < -0.3 is 15.1 Å². The van der Waals surface area contributed by atoms with E-state index in [0.29, 0.717) is 5.95 Å². The van der Waals surface area contributed by atoms with Crippen LogP contribution in [0.25, 0.3) is 0 Å². The molecule has 1 aliphatic rings. The molecular weight excluding hydrogens is 264 g/mol. The van der Waals surface area contributed by atoms with Gasteiger partial charge in [0.05, 0.1) is 0 Å². The van der Waals surface area contributed by atoms with Gasteiger partial charge in [0.1, 0.15) is 0 Å². The van der Waals surface area contributed by atoms with Gasteiger partial charge in [-0.25, -0.2) is 0 Å². The van der Waals surface area contributed by atoms with Crippen LogP contribution in [-0.4, -0.2) is 47.7 Å². The zero-order chi connectivity index (χ0) is 15.2. The number of rotatable bonds is 9. The fourth-order valence-electron chi connectivity index (χ4n) is 2.34. The number of hydrogen-bond acceptors (Lipinski definition) is 6. The standard InChI is InChI=1S/C15H28N6/c1-5-16-13-17-14(20(6-2)7-3)19-15(18-13)21(8-4)11-12-9-10-12/h12H,5-11H2,1-4H3,(H,16,17,18,19). The van der Waals surface area contributed by atoms with Crippen molar-refractivity contribution < 1.29 is 0 Å². The molecule has 1 N–H and O–H groups in total. The Morgan fingerprint density at radius 2 is 1.48 bits per heavy atom. The first-order valence-electron chi connectivity index (χ1n) is 8.21. The van der Waals surface area contributed by atoms with Crippen molar-refractivity contribution in [1.29, 1.82) is 0 Å². The van der Waals surface area contributed by atoms with Crippen LogP contribution in [0, 0.1) is 5.92 Å². The van der Waals surface area contributed by atoms with E-state index in [9.17, 15) is 0 Å². The maximum Gasteiger partial charge on any atom is 0.231 e. The minimum atomic E-state index is 0.679. The summed E-state index contributed by atoms with van der Waals surface area (Å²) >= 11 is 0. The fourth-order valence-corrected chi connectivity index (χ4v) is 2.34. The summed E-state index contributed by atoms with van der Waals surface area (Å²) in [6, 6.07) is 0. The molecule has 1 aromatic rings. The van der Waals surface area contributed by atoms with Crippen molar-refractivity contribution in [3.8, 4) is 0 Å². The summed E-state index contributed by atoms with van der Waals surface area (Å²) in [5.41, 5.74) is 0. The molecule has 0 unspecified atom stereocenters. The van der Waals surface area contributed by atoms with Crippen molar-refractivity contribution in [2.24, 2.45) is 5.92 Å². The molecule has 2 rings (SSSR count). The smallest absolute Gasteiger partial charge is 0.231 e. The summed E-state index contributed by atoms with van der Waals surface area (Å²) in [6.07, 6.45) is 2.68. The van der Waals surface area contributed by atoms with Crippen LogP contribution in [0.15, 0.2) is 0 Å². The molecule has 1 aliphatic carbocycles. The zero-order valence-electron chi connectivity index (χ0n) is 13.8. The van der Waals surface area contributed by atoms with Crippen LogP contribution in [0.4, 0.5) is 17.8 Å². The van der Waals surface area contributed by atoms with Gasteiger partial charge in [0.15, 0.2) is 0 Å². The molecule has 0 saturated heterocycles. The minimum Gasteiger partial charge on any atom is -0.354 e. The summed E-state index contributed by atoms with van der Waals surface area (Å²) in [6.45, 7) is 13.1. The largest absolute Gasteiger partial charge is 0.354 e. The third-order valence-electron chi connectivity index (χ3n) is 3.83. The predicted molar refractivity (Wildman–Crippen MR) is 88.2 cm³/mol. The van der Waals surface area contributed by atoms with Crippen molar-refractivity contribution in [1.82, 2.24) is 15.0 Å². The molecule has 0 spiro atoms. The van der Waals surface area contributed by atoms with E-state index >= 15 is 0 Å². The monoisotopic (exact) mass is 292 g/mol. The third kappa shape index (κ3) is 4.19. The van der Waals surface area contributed by atoms with Crippen molar-refractivity contribution in [2.75, 3.05) is 47.8 Å². The first-order chi connectivity index (χ1) is 10.2. The van der Waals surface area contributed by atoms with Gasteiger partial charge in [-0.3, -0.25) is 0 Å². The maximum absolute atomic E-state index is 4.70. The zero-order valence-corrected chi connectivity index (χ0v) is 13.8. The second kappa shape index (κ2) is 7.43. The van der Waals surface area contributed by atoms with Crippen LogP contribution in [0.2, 0.25) is 0 Å². The van der Waals surface area contributed by atoms with Crippen LogP contribution in [0.3, 0.4) is 0 Å². The lowest BCUT2D eigenvalue weighted by molar-refractivity contribution is 0.711. The molecule has 1 heterocycles. The Kier molecular flexibility index (Phi) is 5.59. The normalized spacial score (nSPS) is 14.1. The van der Waals surface area contributed by atoms with Crippen molar-refractivity contribution in [2.45, 2.75) is 40.5 Å². The van der Waals surface area contributed by atoms with Crippen LogP contribution in [0.5, 0.6) is 0 Å². The molecule has 0 bridgehead atoms. The molecule has 0 radical (unpaired) electrons. The number of hydrogen-bond donors (Lipinski definition) is 1. The first kappa shape index (κ1) is 15.8. The van der Waals surface area contributed by atoms with Crippen molar-refractivity contribution in [3.63, 3.8) is 0 Å². The summed E-state index contributed by atoms with van der Waals surface area (Å²) in [4.78, 5) is 18.3. The molecule has 6 nitrogen and oxygen atoms in total. The molecule has 0 aliphatic heterocycles. The maximum atomic E-state index is 4.70. The van der Waals surface area contributed by atoms with E-state index in [2.05, 4.69) is 52.8 Å². The Hall–Kier alpha value is -1.59. The lowest BCUT2D eigenvalue weighted by Crippen LogP contribution is -2.30. The average Bonchev–Trinajstić information content (AvgIpc) is 3.30. The van der Waals surface area contributed by atoms with Crippen LogP contribution in [0.1, 0.15) is 40.5 Å². The van der Waals surface area contributed by atoms with Crippen molar-refractivity contribution >= 4 is 17.8 Å². The highest BCUT2D eigenvalue weighted by molar-refractivity contribution is 5.45. The van der Waals surface area contributed by atoms with E-state index in [4.69, 9.17) is 4.98 Å². The number of nitrogens with zero attached hydrogens (tertiary/aromatic N) is 5. The molecule has 1 saturated carbocycles.